The lowest BCUT2D eigenvalue weighted by Gasteiger charge is -2.14. The number of rotatable bonds is 6. The summed E-state index contributed by atoms with van der Waals surface area (Å²) in [5, 5.41) is 2.87. The first-order chi connectivity index (χ1) is 8.97. The van der Waals surface area contributed by atoms with Crippen molar-refractivity contribution in [3.05, 3.63) is 22.7 Å². The minimum Gasteiger partial charge on any atom is -0.398 e. The van der Waals surface area contributed by atoms with E-state index in [9.17, 15) is 9.00 Å². The first-order valence-corrected chi connectivity index (χ1v) is 8.31. The SMILES string of the molecule is CCC(CC)NC(=O)CS(=O)c1cc(Br)ccc1N. The fraction of sp³-hybridized carbons (Fsp3) is 0.462. The molecule has 0 radical (unpaired) electrons. The average molecular weight is 347 g/mol. The predicted octanol–water partition coefficient (Wildman–Crippen LogP) is 2.44. The molecule has 1 amide bonds. The summed E-state index contributed by atoms with van der Waals surface area (Å²) < 4.78 is 12.9. The maximum atomic E-state index is 12.1. The largest absolute Gasteiger partial charge is 0.398 e. The molecule has 0 aliphatic rings. The van der Waals surface area contributed by atoms with Crippen LogP contribution in [-0.2, 0) is 15.6 Å². The number of halogens is 1. The van der Waals surface area contributed by atoms with Gasteiger partial charge in [0.25, 0.3) is 0 Å². The Morgan fingerprint density at radius 1 is 1.42 bits per heavy atom. The fourth-order valence-corrected chi connectivity index (χ4v) is 3.24. The molecule has 1 aromatic carbocycles. The van der Waals surface area contributed by atoms with Gasteiger partial charge in [0.1, 0.15) is 5.75 Å². The third-order valence-electron chi connectivity index (χ3n) is 2.83. The molecule has 6 heteroatoms. The van der Waals surface area contributed by atoms with Gasteiger partial charge in [-0.1, -0.05) is 29.8 Å². The molecular formula is C13H19BrN2O2S. The highest BCUT2D eigenvalue weighted by atomic mass is 79.9. The van der Waals surface area contributed by atoms with Gasteiger partial charge in [-0.15, -0.1) is 0 Å². The number of anilines is 1. The normalized spacial score (nSPS) is 12.4. The summed E-state index contributed by atoms with van der Waals surface area (Å²) in [4.78, 5) is 12.3. The zero-order valence-corrected chi connectivity index (χ0v) is 13.5. The van der Waals surface area contributed by atoms with Crippen molar-refractivity contribution in [2.24, 2.45) is 0 Å². The van der Waals surface area contributed by atoms with Crippen LogP contribution in [0.2, 0.25) is 0 Å². The minimum atomic E-state index is -1.42. The zero-order chi connectivity index (χ0) is 14.4. The Morgan fingerprint density at radius 2 is 2.05 bits per heavy atom. The third kappa shape index (κ3) is 4.95. The summed E-state index contributed by atoms with van der Waals surface area (Å²) in [5.41, 5.74) is 6.22. The van der Waals surface area contributed by atoms with Gasteiger partial charge in [0.05, 0.1) is 15.7 Å². The van der Waals surface area contributed by atoms with Crippen molar-refractivity contribution in [3.63, 3.8) is 0 Å². The van der Waals surface area contributed by atoms with E-state index in [2.05, 4.69) is 21.2 Å². The monoisotopic (exact) mass is 346 g/mol. The van der Waals surface area contributed by atoms with Crippen LogP contribution >= 0.6 is 15.9 Å². The van der Waals surface area contributed by atoms with Gasteiger partial charge >= 0.3 is 0 Å². The van der Waals surface area contributed by atoms with E-state index in [1.807, 2.05) is 13.8 Å². The lowest BCUT2D eigenvalue weighted by Crippen LogP contribution is -2.36. The third-order valence-corrected chi connectivity index (χ3v) is 4.70. The lowest BCUT2D eigenvalue weighted by atomic mass is 10.2. The van der Waals surface area contributed by atoms with E-state index in [0.717, 1.165) is 17.3 Å². The van der Waals surface area contributed by atoms with Crippen molar-refractivity contribution in [3.8, 4) is 0 Å². The highest BCUT2D eigenvalue weighted by Crippen LogP contribution is 2.21. The molecule has 0 spiro atoms. The van der Waals surface area contributed by atoms with E-state index < -0.39 is 10.8 Å². The Balaban J connectivity index is 2.69. The molecule has 1 rings (SSSR count). The molecule has 106 valence electrons. The molecular weight excluding hydrogens is 328 g/mol. The van der Waals surface area contributed by atoms with Crippen LogP contribution in [-0.4, -0.2) is 21.9 Å². The first-order valence-electron chi connectivity index (χ1n) is 6.20. The summed E-state index contributed by atoms with van der Waals surface area (Å²) >= 11 is 3.30. The molecule has 0 heterocycles. The predicted molar refractivity (Wildman–Crippen MR) is 82.3 cm³/mol. The fourth-order valence-electron chi connectivity index (χ4n) is 1.66. The average Bonchev–Trinajstić information content (AvgIpc) is 2.38. The molecule has 0 aliphatic carbocycles. The van der Waals surface area contributed by atoms with Crippen molar-refractivity contribution < 1.29 is 9.00 Å². The second kappa shape index (κ2) is 7.65. The molecule has 0 bridgehead atoms. The van der Waals surface area contributed by atoms with Gasteiger partial charge in [-0.05, 0) is 31.0 Å². The molecule has 0 aromatic heterocycles. The Kier molecular flexibility index (Phi) is 6.51. The maximum absolute atomic E-state index is 12.1. The number of carbonyl (C=O) groups is 1. The van der Waals surface area contributed by atoms with Crippen molar-refractivity contribution in [1.82, 2.24) is 5.32 Å². The van der Waals surface area contributed by atoms with Gasteiger partial charge in [-0.3, -0.25) is 9.00 Å². The lowest BCUT2D eigenvalue weighted by molar-refractivity contribution is -0.119. The van der Waals surface area contributed by atoms with Gasteiger partial charge in [-0.2, -0.15) is 0 Å². The highest BCUT2D eigenvalue weighted by molar-refractivity contribution is 9.10. The molecule has 0 saturated heterocycles. The van der Waals surface area contributed by atoms with Crippen LogP contribution in [0.15, 0.2) is 27.6 Å². The van der Waals surface area contributed by atoms with E-state index in [1.165, 1.54) is 0 Å². The van der Waals surface area contributed by atoms with Gasteiger partial charge in [0.15, 0.2) is 0 Å². The molecule has 0 saturated carbocycles. The second-order valence-electron chi connectivity index (χ2n) is 4.25. The summed E-state index contributed by atoms with van der Waals surface area (Å²) in [7, 11) is -1.42. The summed E-state index contributed by atoms with van der Waals surface area (Å²) in [5.74, 6) is -0.261. The molecule has 1 unspecified atom stereocenters. The van der Waals surface area contributed by atoms with Crippen LogP contribution in [0.25, 0.3) is 0 Å². The minimum absolute atomic E-state index is 0.0584. The number of nitrogens with one attached hydrogen (secondary N) is 1. The van der Waals surface area contributed by atoms with Gasteiger partial charge in [0, 0.05) is 16.2 Å². The van der Waals surface area contributed by atoms with Gasteiger partial charge < -0.3 is 11.1 Å². The van der Waals surface area contributed by atoms with Crippen LogP contribution in [0.4, 0.5) is 5.69 Å². The maximum Gasteiger partial charge on any atom is 0.233 e. The molecule has 3 N–H and O–H groups in total. The van der Waals surface area contributed by atoms with E-state index in [1.54, 1.807) is 18.2 Å². The quantitative estimate of drug-likeness (QED) is 0.777. The van der Waals surface area contributed by atoms with E-state index in [4.69, 9.17) is 5.73 Å². The van der Waals surface area contributed by atoms with E-state index >= 15 is 0 Å². The van der Waals surface area contributed by atoms with Crippen LogP contribution < -0.4 is 11.1 Å². The van der Waals surface area contributed by atoms with Crippen LogP contribution in [0.5, 0.6) is 0 Å². The number of nitrogens with two attached hydrogens (primary N) is 1. The molecule has 1 atom stereocenters. The summed E-state index contributed by atoms with van der Waals surface area (Å²) in [6, 6.07) is 5.29. The smallest absolute Gasteiger partial charge is 0.233 e. The summed E-state index contributed by atoms with van der Waals surface area (Å²) in [6.07, 6.45) is 1.74. The molecule has 4 nitrogen and oxygen atoms in total. The van der Waals surface area contributed by atoms with Crippen molar-refractivity contribution in [2.75, 3.05) is 11.5 Å². The topological polar surface area (TPSA) is 72.2 Å². The number of hydrogen-bond acceptors (Lipinski definition) is 3. The highest BCUT2D eigenvalue weighted by Gasteiger charge is 2.15. The van der Waals surface area contributed by atoms with Crippen LogP contribution in [0.1, 0.15) is 26.7 Å². The van der Waals surface area contributed by atoms with Gasteiger partial charge in [-0.25, -0.2) is 0 Å². The Bertz CT molecular complexity index is 476. The second-order valence-corrected chi connectivity index (χ2v) is 6.59. The number of benzene rings is 1. The Labute approximate surface area is 124 Å². The number of hydrogen-bond donors (Lipinski definition) is 2. The molecule has 1 aromatic rings. The summed E-state index contributed by atoms with van der Waals surface area (Å²) in [6.45, 7) is 4.02. The molecule has 0 aliphatic heterocycles. The van der Waals surface area contributed by atoms with Crippen molar-refractivity contribution in [1.29, 1.82) is 0 Å². The zero-order valence-electron chi connectivity index (χ0n) is 11.1. The number of amides is 1. The first kappa shape index (κ1) is 16.2. The number of nitrogen functional groups attached to an aromatic ring is 1. The Hall–Kier alpha value is -0.880. The van der Waals surface area contributed by atoms with E-state index in [-0.39, 0.29) is 17.7 Å². The van der Waals surface area contributed by atoms with Gasteiger partial charge in [0.2, 0.25) is 5.91 Å². The number of carbonyl (C=O) groups excluding carboxylic acids is 1. The van der Waals surface area contributed by atoms with Crippen molar-refractivity contribution >= 4 is 38.3 Å². The molecule has 19 heavy (non-hydrogen) atoms. The Morgan fingerprint density at radius 3 is 2.63 bits per heavy atom. The van der Waals surface area contributed by atoms with Crippen LogP contribution in [0.3, 0.4) is 0 Å². The standard InChI is InChI=1S/C13H19BrN2O2S/c1-3-10(4-2)16-13(17)8-19(18)12-7-9(14)5-6-11(12)15/h5-7,10H,3-4,8,15H2,1-2H3,(H,16,17). The van der Waals surface area contributed by atoms with E-state index in [0.29, 0.717) is 10.6 Å². The van der Waals surface area contributed by atoms with Crippen LogP contribution in [0, 0.1) is 0 Å². The molecule has 0 fully saturated rings. The van der Waals surface area contributed by atoms with Crippen molar-refractivity contribution in [2.45, 2.75) is 37.6 Å².